The van der Waals surface area contributed by atoms with E-state index in [1.807, 2.05) is 6.07 Å². The molecule has 0 saturated carbocycles. The molecular weight excluding hydrogens is 408 g/mol. The first-order valence-electron chi connectivity index (χ1n) is 8.34. The van der Waals surface area contributed by atoms with Gasteiger partial charge in [0.25, 0.3) is 5.91 Å². The number of hydrogen-bond donors (Lipinski definition) is 1. The number of thioether (sulfide) groups is 1. The summed E-state index contributed by atoms with van der Waals surface area (Å²) in [7, 11) is 1.53. The van der Waals surface area contributed by atoms with Gasteiger partial charge in [0.05, 0.1) is 11.3 Å². The van der Waals surface area contributed by atoms with E-state index in [4.69, 9.17) is 11.6 Å². The quantitative estimate of drug-likeness (QED) is 0.495. The summed E-state index contributed by atoms with van der Waals surface area (Å²) >= 11 is 7.51. The lowest BCUT2D eigenvalue weighted by Crippen LogP contribution is -2.19. The first kappa shape index (κ1) is 20.3. The topological polar surface area (TPSA) is 115 Å². The number of nitrogens with zero attached hydrogens (tertiary/aromatic N) is 5. The number of hydrogen-bond acceptors (Lipinski definition) is 7. The molecule has 0 saturated heterocycles. The molecule has 7 nitrogen and oxygen atoms in total. The van der Waals surface area contributed by atoms with Crippen molar-refractivity contribution in [2.45, 2.75) is 10.8 Å². The van der Waals surface area contributed by atoms with Crippen molar-refractivity contribution in [3.8, 4) is 23.4 Å². The predicted octanol–water partition coefficient (Wildman–Crippen LogP) is 3.59. The highest BCUT2D eigenvalue weighted by atomic mass is 35.5. The summed E-state index contributed by atoms with van der Waals surface area (Å²) in [6.07, 6.45) is 3.13. The molecule has 0 aliphatic carbocycles. The number of aromatic nitrogens is 3. The van der Waals surface area contributed by atoms with Crippen molar-refractivity contribution in [2.24, 2.45) is 0 Å². The first-order chi connectivity index (χ1) is 14.1. The van der Waals surface area contributed by atoms with E-state index in [0.717, 1.165) is 5.56 Å². The van der Waals surface area contributed by atoms with E-state index in [-0.39, 0.29) is 22.2 Å². The second kappa shape index (κ2) is 9.16. The normalized spacial score (nSPS) is 10.1. The molecule has 0 atom stereocenters. The summed E-state index contributed by atoms with van der Waals surface area (Å²) in [5, 5.41) is 22.2. The van der Waals surface area contributed by atoms with Crippen molar-refractivity contribution in [3.63, 3.8) is 0 Å². The van der Waals surface area contributed by atoms with Crippen LogP contribution >= 0.6 is 23.4 Å². The van der Waals surface area contributed by atoms with Gasteiger partial charge < -0.3 is 5.32 Å². The lowest BCUT2D eigenvalue weighted by molar-refractivity contribution is 0.0958. The Morgan fingerprint density at radius 3 is 2.62 bits per heavy atom. The van der Waals surface area contributed by atoms with Crippen LogP contribution in [-0.2, 0) is 5.75 Å². The number of nitriles is 2. The third kappa shape index (κ3) is 4.35. The molecule has 0 spiro atoms. The van der Waals surface area contributed by atoms with Gasteiger partial charge in [-0.3, -0.25) is 14.8 Å². The zero-order valence-corrected chi connectivity index (χ0v) is 16.8. The van der Waals surface area contributed by atoms with E-state index in [2.05, 4.69) is 26.3 Å². The molecular formula is C20H13ClN6OS. The van der Waals surface area contributed by atoms with Gasteiger partial charge in [-0.2, -0.15) is 10.5 Å². The Morgan fingerprint density at radius 1 is 1.17 bits per heavy atom. The summed E-state index contributed by atoms with van der Waals surface area (Å²) in [6.45, 7) is 0. The molecule has 9 heteroatoms. The Balaban J connectivity index is 2.01. The van der Waals surface area contributed by atoms with Crippen molar-refractivity contribution in [3.05, 3.63) is 70.3 Å². The summed E-state index contributed by atoms with van der Waals surface area (Å²) < 4.78 is 0. The maximum Gasteiger partial charge on any atom is 0.269 e. The molecule has 3 rings (SSSR count). The molecule has 0 aliphatic heterocycles. The minimum absolute atomic E-state index is 0.00966. The molecule has 1 amide bonds. The third-order valence-electron chi connectivity index (χ3n) is 3.92. The van der Waals surface area contributed by atoms with Crippen LogP contribution in [0.3, 0.4) is 0 Å². The van der Waals surface area contributed by atoms with Gasteiger partial charge >= 0.3 is 0 Å². The smallest absolute Gasteiger partial charge is 0.269 e. The molecule has 29 heavy (non-hydrogen) atoms. The Kier molecular flexibility index (Phi) is 6.40. The maximum absolute atomic E-state index is 11.8. The Labute approximate surface area is 176 Å². The Hall–Kier alpha value is -3.46. The van der Waals surface area contributed by atoms with Crippen molar-refractivity contribution < 1.29 is 4.79 Å². The van der Waals surface area contributed by atoms with Gasteiger partial charge in [0.2, 0.25) is 0 Å². The van der Waals surface area contributed by atoms with Crippen molar-refractivity contribution >= 4 is 29.3 Å². The highest BCUT2D eigenvalue weighted by Gasteiger charge is 2.21. The third-order valence-corrected chi connectivity index (χ3v) is 5.24. The maximum atomic E-state index is 11.8. The highest BCUT2D eigenvalue weighted by Crippen LogP contribution is 2.36. The molecule has 0 radical (unpaired) electrons. The molecule has 0 bridgehead atoms. The van der Waals surface area contributed by atoms with E-state index in [1.54, 1.807) is 42.7 Å². The number of amides is 1. The van der Waals surface area contributed by atoms with Crippen LogP contribution < -0.4 is 5.32 Å². The average molecular weight is 421 g/mol. The minimum Gasteiger partial charge on any atom is -0.354 e. The van der Waals surface area contributed by atoms with Crippen LogP contribution in [0.4, 0.5) is 0 Å². The van der Waals surface area contributed by atoms with Crippen LogP contribution in [0.25, 0.3) is 11.3 Å². The van der Waals surface area contributed by atoms with Crippen molar-refractivity contribution in [1.82, 2.24) is 20.3 Å². The fraction of sp³-hybridized carbons (Fsp3) is 0.100. The molecule has 3 aromatic heterocycles. The zero-order valence-electron chi connectivity index (χ0n) is 15.2. The first-order valence-corrected chi connectivity index (χ1v) is 9.70. The largest absolute Gasteiger partial charge is 0.354 e. The van der Waals surface area contributed by atoms with Crippen LogP contribution in [0.5, 0.6) is 0 Å². The molecule has 3 heterocycles. The van der Waals surface area contributed by atoms with E-state index < -0.39 is 0 Å². The Morgan fingerprint density at radius 2 is 1.97 bits per heavy atom. The second-order valence-electron chi connectivity index (χ2n) is 5.69. The number of rotatable bonds is 5. The zero-order chi connectivity index (χ0) is 20.8. The van der Waals surface area contributed by atoms with Gasteiger partial charge in [0, 0.05) is 30.8 Å². The van der Waals surface area contributed by atoms with Crippen LogP contribution in [-0.4, -0.2) is 27.9 Å². The SMILES string of the molecule is CNC(=O)c1cc(CSc2nc(Cl)c(C#N)c(-c3ccccn3)c2C#N)ccn1. The van der Waals surface area contributed by atoms with Gasteiger partial charge in [-0.1, -0.05) is 17.7 Å². The van der Waals surface area contributed by atoms with Crippen LogP contribution in [0.1, 0.15) is 27.2 Å². The van der Waals surface area contributed by atoms with Gasteiger partial charge in [-0.05, 0) is 29.8 Å². The van der Waals surface area contributed by atoms with Gasteiger partial charge in [-0.15, -0.1) is 11.8 Å². The Bertz CT molecular complexity index is 1150. The fourth-order valence-corrected chi connectivity index (χ4v) is 3.78. The van der Waals surface area contributed by atoms with Gasteiger partial charge in [0.15, 0.2) is 0 Å². The van der Waals surface area contributed by atoms with E-state index in [0.29, 0.717) is 27.7 Å². The van der Waals surface area contributed by atoms with Gasteiger partial charge in [0.1, 0.15) is 33.6 Å². The molecule has 142 valence electrons. The molecule has 0 aromatic carbocycles. The van der Waals surface area contributed by atoms with E-state index in [1.165, 1.54) is 18.8 Å². The summed E-state index contributed by atoms with van der Waals surface area (Å²) in [5.74, 6) is 0.143. The van der Waals surface area contributed by atoms with Crippen LogP contribution in [0.15, 0.2) is 47.8 Å². The molecule has 0 unspecified atom stereocenters. The molecule has 0 fully saturated rings. The molecule has 0 aliphatic rings. The standard InChI is InChI=1S/C20H13ClN6OS/c1-24-19(28)16-8-12(5-7-26-16)11-29-20-14(10-23)17(13(9-22)18(21)27-20)15-4-2-3-6-25-15/h2-8H,11H2,1H3,(H,24,28). The van der Waals surface area contributed by atoms with Crippen LogP contribution in [0, 0.1) is 22.7 Å². The number of pyridine rings is 3. The molecule has 1 N–H and O–H groups in total. The number of nitrogens with one attached hydrogen (secondary N) is 1. The second-order valence-corrected chi connectivity index (χ2v) is 7.01. The van der Waals surface area contributed by atoms with Crippen molar-refractivity contribution in [1.29, 1.82) is 10.5 Å². The number of halogens is 1. The summed E-state index contributed by atoms with van der Waals surface area (Å²) in [5.41, 5.74) is 2.30. The van der Waals surface area contributed by atoms with E-state index in [9.17, 15) is 15.3 Å². The van der Waals surface area contributed by atoms with Crippen LogP contribution in [0.2, 0.25) is 5.15 Å². The number of carbonyl (C=O) groups excluding carboxylic acids is 1. The monoisotopic (exact) mass is 420 g/mol. The minimum atomic E-state index is -0.286. The van der Waals surface area contributed by atoms with Gasteiger partial charge in [-0.25, -0.2) is 4.98 Å². The fourth-order valence-electron chi connectivity index (χ4n) is 2.58. The lowest BCUT2D eigenvalue weighted by atomic mass is 10.0. The predicted molar refractivity (Wildman–Crippen MR) is 109 cm³/mol. The summed E-state index contributed by atoms with van der Waals surface area (Å²) in [4.78, 5) is 24.3. The van der Waals surface area contributed by atoms with E-state index >= 15 is 0 Å². The molecule has 3 aromatic rings. The van der Waals surface area contributed by atoms with Crippen molar-refractivity contribution in [2.75, 3.05) is 7.05 Å². The highest BCUT2D eigenvalue weighted by molar-refractivity contribution is 7.98. The number of carbonyl (C=O) groups is 1. The summed E-state index contributed by atoms with van der Waals surface area (Å²) in [6, 6.07) is 12.8. The lowest BCUT2D eigenvalue weighted by Gasteiger charge is -2.12. The average Bonchev–Trinajstić information content (AvgIpc) is 2.77.